The molecule has 5 nitrogen and oxygen atoms in total. The van der Waals surface area contributed by atoms with E-state index in [2.05, 4.69) is 115 Å². The summed E-state index contributed by atoms with van der Waals surface area (Å²) < 4.78 is 6.39. The van der Waals surface area contributed by atoms with Gasteiger partial charge in [0.1, 0.15) is 11.3 Å². The summed E-state index contributed by atoms with van der Waals surface area (Å²) in [4.78, 5) is 14.7. The highest BCUT2D eigenvalue weighted by Gasteiger charge is 2.22. The summed E-state index contributed by atoms with van der Waals surface area (Å²) in [5, 5.41) is 13.7. The van der Waals surface area contributed by atoms with Gasteiger partial charge >= 0.3 is 0 Å². The van der Waals surface area contributed by atoms with Crippen LogP contribution in [0.2, 0.25) is 0 Å². The molecule has 0 radical (unpaired) electrons. The van der Waals surface area contributed by atoms with E-state index in [1.807, 2.05) is 84.9 Å². The van der Waals surface area contributed by atoms with Crippen LogP contribution in [0.3, 0.4) is 0 Å². The van der Waals surface area contributed by atoms with Crippen molar-refractivity contribution < 1.29 is 4.42 Å². The highest BCUT2D eigenvalue weighted by Crippen LogP contribution is 2.41. The van der Waals surface area contributed by atoms with Crippen molar-refractivity contribution in [1.82, 2.24) is 15.0 Å². The molecule has 0 fully saturated rings. The van der Waals surface area contributed by atoms with Crippen molar-refractivity contribution in [3.8, 4) is 73.6 Å². The Balaban J connectivity index is 0.925. The van der Waals surface area contributed by atoms with Gasteiger partial charge < -0.3 is 4.42 Å². The van der Waals surface area contributed by atoms with Crippen LogP contribution in [0.25, 0.3) is 94.9 Å². The molecule has 5 heteroatoms. The second-order valence-corrected chi connectivity index (χ2v) is 15.4. The monoisotopic (exact) mass is 780 g/mol. The van der Waals surface area contributed by atoms with Crippen LogP contribution in [0.5, 0.6) is 0 Å². The Kier molecular flexibility index (Phi) is 8.95. The summed E-state index contributed by atoms with van der Waals surface area (Å²) in [5.74, 6) is 2.86. The lowest BCUT2D eigenvalue weighted by Crippen LogP contribution is -2.00. The zero-order valence-electron chi connectivity index (χ0n) is 33.1. The minimum absolute atomic E-state index is 0.617. The van der Waals surface area contributed by atoms with E-state index >= 15 is 0 Å². The number of aryl methyl sites for hydroxylation is 1. The Morgan fingerprint density at radius 2 is 0.918 bits per heavy atom. The Labute approximate surface area is 353 Å². The average Bonchev–Trinajstić information content (AvgIpc) is 3.73. The molecule has 0 atom stereocenters. The number of aromatic nitrogens is 3. The number of benzene rings is 8. The van der Waals surface area contributed by atoms with Crippen LogP contribution in [-0.4, -0.2) is 15.0 Å². The highest BCUT2D eigenvalue weighted by atomic mass is 16.3. The quantitative estimate of drug-likeness (QED) is 0.161. The molecule has 0 saturated carbocycles. The van der Waals surface area contributed by atoms with Gasteiger partial charge in [0.05, 0.1) is 11.6 Å². The number of furan rings is 1. The molecule has 0 saturated heterocycles. The number of allylic oxidation sites excluding steroid dienone is 1. The molecular weight excluding hydrogens is 745 g/mol. The molecule has 0 unspecified atom stereocenters. The Hall–Kier alpha value is -8.20. The van der Waals surface area contributed by atoms with Gasteiger partial charge in [-0.3, -0.25) is 0 Å². The van der Waals surface area contributed by atoms with Crippen LogP contribution in [0, 0.1) is 11.3 Å². The number of nitriles is 1. The maximum atomic E-state index is 10.2. The largest absolute Gasteiger partial charge is 0.456 e. The summed E-state index contributed by atoms with van der Waals surface area (Å²) in [5.41, 5.74) is 14.2. The molecule has 11 rings (SSSR count). The fourth-order valence-electron chi connectivity index (χ4n) is 8.66. The van der Waals surface area contributed by atoms with Crippen LogP contribution < -0.4 is 0 Å². The van der Waals surface area contributed by atoms with Gasteiger partial charge in [-0.05, 0) is 86.8 Å². The standard InChI is InChI=1S/C56H36N4O/c57-35-36-32-43(37-22-24-39(25-23-37)47-19-11-20-51-50-18-9-10-21-52(50)61-53(47)51)34-44(33-36)46-31-30-45(48-16-7-8-17-49(46)48)38-26-28-42(29-27-38)56-59-54(40-12-3-1-4-13-40)58-55(60-56)41-14-5-2-6-15-41/h1-10,12-19,21-34H,11,20H2. The molecule has 61 heavy (non-hydrogen) atoms. The molecule has 0 spiro atoms. The first-order chi connectivity index (χ1) is 30.2. The van der Waals surface area contributed by atoms with E-state index in [-0.39, 0.29) is 0 Å². The molecule has 0 amide bonds. The zero-order valence-corrected chi connectivity index (χ0v) is 33.1. The third-order valence-electron chi connectivity index (χ3n) is 11.7. The van der Waals surface area contributed by atoms with Crippen LogP contribution in [0.1, 0.15) is 28.9 Å². The minimum atomic E-state index is 0.617. The van der Waals surface area contributed by atoms with Crippen molar-refractivity contribution in [2.24, 2.45) is 0 Å². The predicted molar refractivity (Wildman–Crippen MR) is 246 cm³/mol. The summed E-state index contributed by atoms with van der Waals surface area (Å²) in [7, 11) is 0. The van der Waals surface area contributed by atoms with Gasteiger partial charge in [-0.1, -0.05) is 170 Å². The van der Waals surface area contributed by atoms with Crippen LogP contribution >= 0.6 is 0 Å². The van der Waals surface area contributed by atoms with Crippen molar-refractivity contribution in [3.05, 3.63) is 217 Å². The number of hydrogen-bond donors (Lipinski definition) is 0. The molecular formula is C56H36N4O. The second-order valence-electron chi connectivity index (χ2n) is 15.4. The van der Waals surface area contributed by atoms with E-state index in [1.165, 1.54) is 10.9 Å². The maximum absolute atomic E-state index is 10.2. The summed E-state index contributed by atoms with van der Waals surface area (Å²) >= 11 is 0. The molecule has 0 N–H and O–H groups in total. The first kappa shape index (κ1) is 35.9. The Morgan fingerprint density at radius 3 is 1.54 bits per heavy atom. The van der Waals surface area contributed by atoms with Crippen LogP contribution in [0.15, 0.2) is 199 Å². The van der Waals surface area contributed by atoms with E-state index in [1.54, 1.807) is 0 Å². The van der Waals surface area contributed by atoms with Gasteiger partial charge in [0, 0.05) is 33.2 Å². The van der Waals surface area contributed by atoms with Crippen molar-refractivity contribution in [2.45, 2.75) is 12.8 Å². The van der Waals surface area contributed by atoms with Crippen molar-refractivity contribution in [2.75, 3.05) is 0 Å². The number of hydrogen-bond acceptors (Lipinski definition) is 5. The summed E-state index contributed by atoms with van der Waals surface area (Å²) in [6, 6.07) is 66.9. The molecule has 8 aromatic carbocycles. The molecule has 0 aliphatic heterocycles. The van der Waals surface area contributed by atoms with E-state index in [0.717, 1.165) is 96.2 Å². The Morgan fingerprint density at radius 1 is 0.426 bits per heavy atom. The molecule has 1 aliphatic carbocycles. The number of nitrogens with zero attached hydrogens (tertiary/aromatic N) is 4. The molecule has 1 aliphatic rings. The van der Waals surface area contributed by atoms with Gasteiger partial charge in [-0.15, -0.1) is 0 Å². The minimum Gasteiger partial charge on any atom is -0.456 e. The summed E-state index contributed by atoms with van der Waals surface area (Å²) in [6.07, 6.45) is 4.25. The van der Waals surface area contributed by atoms with Gasteiger partial charge in [0.15, 0.2) is 17.5 Å². The fraction of sp³-hybridized carbons (Fsp3) is 0.0357. The lowest BCUT2D eigenvalue weighted by Gasteiger charge is -2.15. The SMILES string of the molecule is N#Cc1cc(-c2ccc(C3=CCCc4c3oc3ccccc43)cc2)cc(-c2ccc(-c3ccc(-c4nc(-c5ccccc5)nc(-c5ccccc5)n4)cc3)c3ccccc23)c1. The smallest absolute Gasteiger partial charge is 0.164 e. The van der Waals surface area contributed by atoms with Crippen LogP contribution in [0.4, 0.5) is 0 Å². The second kappa shape index (κ2) is 15.2. The molecule has 10 aromatic rings. The molecule has 2 aromatic heterocycles. The highest BCUT2D eigenvalue weighted by molar-refractivity contribution is 6.05. The third kappa shape index (κ3) is 6.67. The number of rotatable bonds is 7. The summed E-state index contributed by atoms with van der Waals surface area (Å²) in [6.45, 7) is 0. The van der Waals surface area contributed by atoms with Crippen molar-refractivity contribution >= 4 is 27.3 Å². The first-order valence-electron chi connectivity index (χ1n) is 20.5. The third-order valence-corrected chi connectivity index (χ3v) is 11.7. The average molecular weight is 781 g/mol. The van der Waals surface area contributed by atoms with Crippen molar-refractivity contribution in [1.29, 1.82) is 5.26 Å². The number of fused-ring (bicyclic) bond motifs is 4. The molecule has 286 valence electrons. The maximum Gasteiger partial charge on any atom is 0.164 e. The predicted octanol–water partition coefficient (Wildman–Crippen LogP) is 14.0. The van der Waals surface area contributed by atoms with Gasteiger partial charge in [-0.2, -0.15) is 5.26 Å². The normalized spacial score (nSPS) is 12.2. The topological polar surface area (TPSA) is 75.6 Å². The van der Waals surface area contributed by atoms with Gasteiger partial charge in [0.25, 0.3) is 0 Å². The van der Waals surface area contributed by atoms with Gasteiger partial charge in [-0.25, -0.2) is 15.0 Å². The fourth-order valence-corrected chi connectivity index (χ4v) is 8.66. The van der Waals surface area contributed by atoms with E-state index in [0.29, 0.717) is 23.0 Å². The lowest BCUT2D eigenvalue weighted by atomic mass is 9.89. The molecule has 2 heterocycles. The molecule has 0 bridgehead atoms. The lowest BCUT2D eigenvalue weighted by molar-refractivity contribution is 0.591. The first-order valence-corrected chi connectivity index (χ1v) is 20.5. The number of para-hydroxylation sites is 1. The van der Waals surface area contributed by atoms with E-state index in [9.17, 15) is 5.26 Å². The van der Waals surface area contributed by atoms with Crippen molar-refractivity contribution in [3.63, 3.8) is 0 Å². The van der Waals surface area contributed by atoms with Crippen LogP contribution in [-0.2, 0) is 6.42 Å². The van der Waals surface area contributed by atoms with E-state index in [4.69, 9.17) is 19.4 Å². The Bertz CT molecular complexity index is 3280. The van der Waals surface area contributed by atoms with Gasteiger partial charge in [0.2, 0.25) is 0 Å². The van der Waals surface area contributed by atoms with E-state index < -0.39 is 0 Å². The zero-order chi connectivity index (χ0) is 40.7.